The summed E-state index contributed by atoms with van der Waals surface area (Å²) in [5.74, 6) is 0.127. The van der Waals surface area contributed by atoms with Crippen LogP contribution in [0, 0.1) is 6.92 Å². The number of amides is 2. The summed E-state index contributed by atoms with van der Waals surface area (Å²) in [7, 11) is 0. The fraction of sp³-hybridized carbons (Fsp3) is 0.176. The van der Waals surface area contributed by atoms with Gasteiger partial charge in [-0.1, -0.05) is 29.8 Å². The number of hydrogen-bond acceptors (Lipinski definition) is 3. The van der Waals surface area contributed by atoms with Gasteiger partial charge in [0.15, 0.2) is 0 Å². The lowest BCUT2D eigenvalue weighted by Crippen LogP contribution is -2.18. The first-order valence-corrected chi connectivity index (χ1v) is 8.56. The molecule has 2 amide bonds. The van der Waals surface area contributed by atoms with Gasteiger partial charge >= 0.3 is 0 Å². The fourth-order valence-electron chi connectivity index (χ4n) is 1.92. The normalized spacial score (nSPS) is 10.2. The van der Waals surface area contributed by atoms with Crippen molar-refractivity contribution < 1.29 is 9.59 Å². The number of hydrogen-bond donors (Lipinski definition) is 2. The molecule has 0 saturated heterocycles. The van der Waals surface area contributed by atoms with E-state index in [1.807, 2.05) is 31.2 Å². The molecule has 0 aliphatic rings. The summed E-state index contributed by atoms with van der Waals surface area (Å²) < 4.78 is 0. The zero-order valence-corrected chi connectivity index (χ0v) is 14.2. The summed E-state index contributed by atoms with van der Waals surface area (Å²) in [6.07, 6.45) is 0. The first kappa shape index (κ1) is 17.4. The zero-order chi connectivity index (χ0) is 16.7. The van der Waals surface area contributed by atoms with Crippen molar-refractivity contribution in [2.75, 3.05) is 22.1 Å². The summed E-state index contributed by atoms with van der Waals surface area (Å²) >= 11 is 7.11. The molecule has 2 N–H and O–H groups in total. The maximum atomic E-state index is 11.8. The maximum Gasteiger partial charge on any atom is 0.234 e. The average molecular weight is 349 g/mol. The highest BCUT2D eigenvalue weighted by atomic mass is 35.5. The molecule has 0 saturated carbocycles. The van der Waals surface area contributed by atoms with Gasteiger partial charge in [0.2, 0.25) is 11.8 Å². The van der Waals surface area contributed by atoms with Crippen LogP contribution in [0.1, 0.15) is 5.56 Å². The van der Waals surface area contributed by atoms with Crippen molar-refractivity contribution in [3.8, 4) is 0 Å². The Labute approximate surface area is 144 Å². The molecule has 2 aromatic carbocycles. The van der Waals surface area contributed by atoms with Crippen LogP contribution in [0.25, 0.3) is 0 Å². The van der Waals surface area contributed by atoms with E-state index in [4.69, 9.17) is 11.6 Å². The molecule has 4 nitrogen and oxygen atoms in total. The molecule has 2 aromatic rings. The van der Waals surface area contributed by atoms with Crippen LogP contribution in [-0.2, 0) is 9.59 Å². The Morgan fingerprint density at radius 3 is 2.09 bits per heavy atom. The second kappa shape index (κ2) is 8.60. The van der Waals surface area contributed by atoms with Crippen LogP contribution < -0.4 is 10.6 Å². The van der Waals surface area contributed by atoms with Gasteiger partial charge in [-0.05, 0) is 42.8 Å². The van der Waals surface area contributed by atoms with Crippen LogP contribution in [0.5, 0.6) is 0 Å². The standard InChI is InChI=1S/C17H17ClN2O2S/c1-12-4-2-6-14(8-12)19-16(21)10-23-11-17(22)20-15-7-3-5-13(18)9-15/h2-9H,10-11H2,1H3,(H,19,21)(H,20,22). The van der Waals surface area contributed by atoms with Crippen LogP contribution in [0.3, 0.4) is 0 Å². The Balaban J connectivity index is 1.71. The van der Waals surface area contributed by atoms with Crippen LogP contribution in [-0.4, -0.2) is 23.3 Å². The van der Waals surface area contributed by atoms with Crippen molar-refractivity contribution in [1.82, 2.24) is 0 Å². The number of aryl methyl sites for hydroxylation is 1. The molecule has 0 aliphatic heterocycles. The van der Waals surface area contributed by atoms with Gasteiger partial charge in [-0.15, -0.1) is 11.8 Å². The number of benzene rings is 2. The van der Waals surface area contributed by atoms with Crippen LogP contribution in [0.2, 0.25) is 5.02 Å². The molecule has 23 heavy (non-hydrogen) atoms. The molecule has 0 bridgehead atoms. The lowest BCUT2D eigenvalue weighted by Gasteiger charge is -2.07. The second-order valence-electron chi connectivity index (χ2n) is 4.97. The predicted octanol–water partition coefficient (Wildman–Crippen LogP) is 3.96. The number of anilines is 2. The van der Waals surface area contributed by atoms with Crippen molar-refractivity contribution in [3.05, 3.63) is 59.1 Å². The fourth-order valence-corrected chi connectivity index (χ4v) is 2.73. The Hall–Kier alpha value is -1.98. The van der Waals surface area contributed by atoms with E-state index in [1.165, 1.54) is 11.8 Å². The van der Waals surface area contributed by atoms with Gasteiger partial charge in [-0.2, -0.15) is 0 Å². The van der Waals surface area contributed by atoms with Crippen LogP contribution >= 0.6 is 23.4 Å². The van der Waals surface area contributed by atoms with Gasteiger partial charge < -0.3 is 10.6 Å². The molecule has 0 aromatic heterocycles. The number of carbonyl (C=O) groups excluding carboxylic acids is 2. The molecule has 0 aliphatic carbocycles. The lowest BCUT2D eigenvalue weighted by molar-refractivity contribution is -0.114. The third kappa shape index (κ3) is 6.34. The third-order valence-corrected chi connectivity index (χ3v) is 4.04. The molecule has 2 rings (SSSR count). The molecular formula is C17H17ClN2O2S. The summed E-state index contributed by atoms with van der Waals surface area (Å²) in [5, 5.41) is 6.11. The second-order valence-corrected chi connectivity index (χ2v) is 6.39. The maximum absolute atomic E-state index is 11.8. The molecule has 0 heterocycles. The monoisotopic (exact) mass is 348 g/mol. The topological polar surface area (TPSA) is 58.2 Å². The van der Waals surface area contributed by atoms with E-state index in [1.54, 1.807) is 24.3 Å². The van der Waals surface area contributed by atoms with Crippen molar-refractivity contribution in [1.29, 1.82) is 0 Å². The highest BCUT2D eigenvalue weighted by Crippen LogP contribution is 2.15. The summed E-state index contributed by atoms with van der Waals surface area (Å²) in [5.41, 5.74) is 2.49. The number of thioether (sulfide) groups is 1. The SMILES string of the molecule is Cc1cccc(NC(=O)CSCC(=O)Nc2cccc(Cl)c2)c1. The summed E-state index contributed by atoms with van der Waals surface area (Å²) in [6, 6.07) is 14.5. The molecule has 0 radical (unpaired) electrons. The summed E-state index contributed by atoms with van der Waals surface area (Å²) in [4.78, 5) is 23.6. The smallest absolute Gasteiger partial charge is 0.234 e. The molecule has 0 spiro atoms. The highest BCUT2D eigenvalue weighted by molar-refractivity contribution is 8.00. The third-order valence-electron chi connectivity index (χ3n) is 2.88. The van der Waals surface area contributed by atoms with Gasteiger partial charge in [0.25, 0.3) is 0 Å². The van der Waals surface area contributed by atoms with Gasteiger partial charge in [-0.25, -0.2) is 0 Å². The van der Waals surface area contributed by atoms with E-state index in [0.717, 1.165) is 11.3 Å². The van der Waals surface area contributed by atoms with Gasteiger partial charge in [0.1, 0.15) is 0 Å². The van der Waals surface area contributed by atoms with Crippen molar-refractivity contribution in [2.45, 2.75) is 6.92 Å². The molecule has 0 atom stereocenters. The van der Waals surface area contributed by atoms with E-state index >= 15 is 0 Å². The highest BCUT2D eigenvalue weighted by Gasteiger charge is 2.07. The number of nitrogens with one attached hydrogen (secondary N) is 2. The quantitative estimate of drug-likeness (QED) is 0.830. The van der Waals surface area contributed by atoms with Crippen LogP contribution in [0.4, 0.5) is 11.4 Å². The zero-order valence-electron chi connectivity index (χ0n) is 12.6. The van der Waals surface area contributed by atoms with Crippen molar-refractivity contribution in [2.24, 2.45) is 0 Å². The van der Waals surface area contributed by atoms with E-state index in [-0.39, 0.29) is 23.3 Å². The molecule has 6 heteroatoms. The number of halogens is 1. The lowest BCUT2D eigenvalue weighted by atomic mass is 10.2. The largest absolute Gasteiger partial charge is 0.325 e. The van der Waals surface area contributed by atoms with Gasteiger partial charge in [0, 0.05) is 16.4 Å². The minimum atomic E-state index is -0.166. The van der Waals surface area contributed by atoms with E-state index in [2.05, 4.69) is 10.6 Å². The number of carbonyl (C=O) groups is 2. The first-order chi connectivity index (χ1) is 11.0. The minimum absolute atomic E-state index is 0.129. The Bertz CT molecular complexity index is 647. The van der Waals surface area contributed by atoms with Gasteiger partial charge in [-0.3, -0.25) is 9.59 Å². The van der Waals surface area contributed by atoms with E-state index in [9.17, 15) is 9.59 Å². The summed E-state index contributed by atoms with van der Waals surface area (Å²) in [6.45, 7) is 1.96. The van der Waals surface area contributed by atoms with Crippen LogP contribution in [0.15, 0.2) is 48.5 Å². The Kier molecular flexibility index (Phi) is 6.50. The average Bonchev–Trinajstić information content (AvgIpc) is 2.47. The first-order valence-electron chi connectivity index (χ1n) is 7.02. The number of rotatable bonds is 6. The molecule has 0 fully saturated rings. The van der Waals surface area contributed by atoms with E-state index < -0.39 is 0 Å². The van der Waals surface area contributed by atoms with Crippen molar-refractivity contribution in [3.63, 3.8) is 0 Å². The molecule has 0 unspecified atom stereocenters. The Morgan fingerprint density at radius 2 is 1.52 bits per heavy atom. The minimum Gasteiger partial charge on any atom is -0.325 e. The molecular weight excluding hydrogens is 332 g/mol. The van der Waals surface area contributed by atoms with Crippen molar-refractivity contribution >= 4 is 46.6 Å². The molecule has 120 valence electrons. The predicted molar refractivity (Wildman–Crippen MR) is 97.2 cm³/mol. The van der Waals surface area contributed by atoms with E-state index in [0.29, 0.717) is 10.7 Å². The Morgan fingerprint density at radius 1 is 0.957 bits per heavy atom. The van der Waals surface area contributed by atoms with Gasteiger partial charge in [0.05, 0.1) is 11.5 Å².